The van der Waals surface area contributed by atoms with Gasteiger partial charge in [-0.1, -0.05) is 17.7 Å². The van der Waals surface area contributed by atoms with Crippen LogP contribution in [0, 0.1) is 6.92 Å². The van der Waals surface area contributed by atoms with E-state index in [1.807, 2.05) is 6.92 Å². The van der Waals surface area contributed by atoms with Crippen LogP contribution >= 0.6 is 11.8 Å². The second-order valence-corrected chi connectivity index (χ2v) is 8.03. The Hall–Kier alpha value is -2.39. The van der Waals surface area contributed by atoms with Crippen LogP contribution < -0.4 is 0 Å². The van der Waals surface area contributed by atoms with Crippen LogP contribution in [-0.4, -0.2) is 41.2 Å². The topological polar surface area (TPSA) is 91.2 Å². The molecule has 0 bridgehead atoms. The van der Waals surface area contributed by atoms with Crippen molar-refractivity contribution in [3.8, 4) is 0 Å². The van der Waals surface area contributed by atoms with Gasteiger partial charge in [0.15, 0.2) is 0 Å². The third-order valence-electron chi connectivity index (χ3n) is 3.75. The average molecular weight is 391 g/mol. The van der Waals surface area contributed by atoms with Crippen molar-refractivity contribution in [3.05, 3.63) is 47.9 Å². The molecule has 9 heteroatoms. The Morgan fingerprint density at radius 1 is 1.23 bits per heavy atom. The van der Waals surface area contributed by atoms with Crippen LogP contribution in [0.3, 0.4) is 0 Å². The number of carbonyl (C=O) groups is 1. The van der Waals surface area contributed by atoms with E-state index < -0.39 is 16.0 Å². The Kier molecular flexibility index (Phi) is 5.01. The van der Waals surface area contributed by atoms with Crippen molar-refractivity contribution < 1.29 is 17.9 Å². The van der Waals surface area contributed by atoms with E-state index in [0.29, 0.717) is 10.5 Å². The van der Waals surface area contributed by atoms with Crippen LogP contribution in [0.1, 0.15) is 23.0 Å². The zero-order valence-electron chi connectivity index (χ0n) is 14.5. The highest BCUT2D eigenvalue weighted by molar-refractivity contribution is 7.98. The third kappa shape index (κ3) is 3.08. The number of aryl methyl sites for hydroxylation is 1. The first kappa shape index (κ1) is 18.4. The number of rotatable bonds is 5. The van der Waals surface area contributed by atoms with Crippen LogP contribution in [0.4, 0.5) is 0 Å². The molecule has 0 spiro atoms. The number of hydrogen-bond donors (Lipinski definition) is 0. The van der Waals surface area contributed by atoms with Gasteiger partial charge < -0.3 is 4.74 Å². The smallest absolute Gasteiger partial charge is 0.356 e. The van der Waals surface area contributed by atoms with E-state index in [-0.39, 0.29) is 22.7 Å². The van der Waals surface area contributed by atoms with Crippen LogP contribution in [0.15, 0.2) is 46.6 Å². The molecule has 0 saturated heterocycles. The highest BCUT2D eigenvalue weighted by Crippen LogP contribution is 2.30. The van der Waals surface area contributed by atoms with Gasteiger partial charge in [0.25, 0.3) is 10.0 Å². The molecule has 2 heterocycles. The zero-order valence-corrected chi connectivity index (χ0v) is 16.1. The van der Waals surface area contributed by atoms with E-state index in [1.54, 1.807) is 25.3 Å². The minimum Gasteiger partial charge on any atom is -0.461 e. The molecule has 3 rings (SSSR count). The quantitative estimate of drug-likeness (QED) is 0.375. The number of hydrogen-bond acceptors (Lipinski definition) is 7. The van der Waals surface area contributed by atoms with Gasteiger partial charge >= 0.3 is 5.97 Å². The van der Waals surface area contributed by atoms with E-state index in [0.717, 1.165) is 9.54 Å². The van der Waals surface area contributed by atoms with Crippen molar-refractivity contribution in [1.82, 2.24) is 13.9 Å². The van der Waals surface area contributed by atoms with E-state index in [4.69, 9.17) is 4.74 Å². The Labute approximate surface area is 155 Å². The number of ether oxygens (including phenoxy) is 1. The molecular weight excluding hydrogens is 374 g/mol. The summed E-state index contributed by atoms with van der Waals surface area (Å²) in [6.45, 7) is 3.66. The highest BCUT2D eigenvalue weighted by Gasteiger charge is 2.29. The number of carbonyl (C=O) groups excluding carboxylic acids is 1. The fourth-order valence-corrected chi connectivity index (χ4v) is 4.64. The fraction of sp³-hybridized carbons (Fsp3) is 0.235. The van der Waals surface area contributed by atoms with Crippen molar-refractivity contribution in [2.24, 2.45) is 0 Å². The number of fused-ring (bicyclic) bond motifs is 1. The molecule has 0 aliphatic rings. The Balaban J connectivity index is 2.36. The molecular formula is C17H17N3O4S2. The fourth-order valence-electron chi connectivity index (χ4n) is 2.54. The second kappa shape index (κ2) is 7.08. The summed E-state index contributed by atoms with van der Waals surface area (Å²) in [4.78, 5) is 20.7. The van der Waals surface area contributed by atoms with Gasteiger partial charge in [0, 0.05) is 0 Å². The molecule has 1 aromatic carbocycles. The minimum atomic E-state index is -4.04. The number of thioether (sulfide) groups is 1. The Bertz CT molecular complexity index is 1070. The molecule has 7 nitrogen and oxygen atoms in total. The maximum Gasteiger partial charge on any atom is 0.356 e. The SMILES string of the molecule is CCOC(=O)c1cc2ncnc(SC)c2n1S(=O)(=O)c1ccc(C)cc1. The predicted octanol–water partition coefficient (Wildman–Crippen LogP) is 2.88. The number of esters is 1. The van der Waals surface area contributed by atoms with Crippen molar-refractivity contribution >= 4 is 38.8 Å². The highest BCUT2D eigenvalue weighted by atomic mass is 32.2. The molecule has 0 fully saturated rings. The van der Waals surface area contributed by atoms with Crippen LogP contribution in [0.5, 0.6) is 0 Å². The van der Waals surface area contributed by atoms with Gasteiger partial charge in [-0.25, -0.2) is 27.2 Å². The largest absolute Gasteiger partial charge is 0.461 e. The summed E-state index contributed by atoms with van der Waals surface area (Å²) >= 11 is 1.28. The van der Waals surface area contributed by atoms with Gasteiger partial charge in [0.1, 0.15) is 22.6 Å². The third-order valence-corrected chi connectivity index (χ3v) is 6.16. The van der Waals surface area contributed by atoms with Crippen LogP contribution in [0.2, 0.25) is 0 Å². The molecule has 136 valence electrons. The first-order chi connectivity index (χ1) is 12.4. The molecule has 0 amide bonds. The molecule has 0 atom stereocenters. The Morgan fingerprint density at radius 3 is 2.54 bits per heavy atom. The van der Waals surface area contributed by atoms with Crippen molar-refractivity contribution in [2.75, 3.05) is 12.9 Å². The number of benzene rings is 1. The van der Waals surface area contributed by atoms with Gasteiger partial charge in [-0.2, -0.15) is 0 Å². The van der Waals surface area contributed by atoms with Gasteiger partial charge in [0.2, 0.25) is 0 Å². The molecule has 0 N–H and O–H groups in total. The lowest BCUT2D eigenvalue weighted by molar-refractivity contribution is 0.0518. The van der Waals surface area contributed by atoms with Gasteiger partial charge in [-0.3, -0.25) is 0 Å². The maximum atomic E-state index is 13.3. The van der Waals surface area contributed by atoms with E-state index in [1.165, 1.54) is 36.3 Å². The molecule has 0 radical (unpaired) electrons. The molecule has 0 aliphatic carbocycles. The van der Waals surface area contributed by atoms with Crippen molar-refractivity contribution in [3.63, 3.8) is 0 Å². The maximum absolute atomic E-state index is 13.3. The molecule has 26 heavy (non-hydrogen) atoms. The summed E-state index contributed by atoms with van der Waals surface area (Å²) in [6, 6.07) is 7.84. The van der Waals surface area contributed by atoms with E-state index in [9.17, 15) is 13.2 Å². The lowest BCUT2D eigenvalue weighted by Crippen LogP contribution is -2.20. The van der Waals surface area contributed by atoms with Gasteiger partial charge in [0.05, 0.1) is 17.0 Å². The molecule has 0 aliphatic heterocycles. The van der Waals surface area contributed by atoms with Gasteiger partial charge in [-0.05, 0) is 38.3 Å². The summed E-state index contributed by atoms with van der Waals surface area (Å²) in [5.74, 6) is -0.728. The lowest BCUT2D eigenvalue weighted by Gasteiger charge is -2.12. The predicted molar refractivity (Wildman–Crippen MR) is 99.0 cm³/mol. The standard InChI is InChI=1S/C17H17N3O4S2/c1-4-24-17(21)14-9-13-15(16(25-3)19-10-18-13)20(14)26(22,23)12-7-5-11(2)6-8-12/h5-10H,4H2,1-3H3. The minimum absolute atomic E-state index is 0.0713. The van der Waals surface area contributed by atoms with Crippen LogP contribution in [-0.2, 0) is 14.8 Å². The average Bonchev–Trinajstić information content (AvgIpc) is 3.03. The lowest BCUT2D eigenvalue weighted by atomic mass is 10.2. The Morgan fingerprint density at radius 2 is 1.92 bits per heavy atom. The summed E-state index contributed by atoms with van der Waals surface area (Å²) < 4.78 is 32.6. The zero-order chi connectivity index (χ0) is 18.9. The first-order valence-electron chi connectivity index (χ1n) is 7.80. The first-order valence-corrected chi connectivity index (χ1v) is 10.5. The summed E-state index contributed by atoms with van der Waals surface area (Å²) in [5.41, 5.74) is 1.46. The van der Waals surface area contributed by atoms with Gasteiger partial charge in [-0.15, -0.1) is 11.8 Å². The van der Waals surface area contributed by atoms with Crippen molar-refractivity contribution in [1.29, 1.82) is 0 Å². The molecule has 2 aromatic heterocycles. The summed E-state index contributed by atoms with van der Waals surface area (Å²) in [5, 5.41) is 0.459. The molecule has 3 aromatic rings. The van der Waals surface area contributed by atoms with Crippen LogP contribution in [0.25, 0.3) is 11.0 Å². The normalized spacial score (nSPS) is 11.7. The summed E-state index contributed by atoms with van der Waals surface area (Å²) in [6.07, 6.45) is 3.12. The van der Waals surface area contributed by atoms with Crippen molar-refractivity contribution in [2.45, 2.75) is 23.8 Å². The number of nitrogens with zero attached hydrogens (tertiary/aromatic N) is 3. The van der Waals surface area contributed by atoms with E-state index in [2.05, 4.69) is 9.97 Å². The van der Waals surface area contributed by atoms with E-state index >= 15 is 0 Å². The second-order valence-electron chi connectivity index (χ2n) is 5.45. The molecule has 0 unspecified atom stereocenters. The number of aromatic nitrogens is 3. The molecule has 0 saturated carbocycles. The monoisotopic (exact) mass is 391 g/mol. The summed E-state index contributed by atoms with van der Waals surface area (Å²) in [7, 11) is -4.04.